The van der Waals surface area contributed by atoms with Gasteiger partial charge in [-0.3, -0.25) is 10.1 Å². The van der Waals surface area contributed by atoms with E-state index >= 15 is 0 Å². The predicted molar refractivity (Wildman–Crippen MR) is 119 cm³/mol. The molecule has 0 radical (unpaired) electrons. The summed E-state index contributed by atoms with van der Waals surface area (Å²) in [7, 11) is 1.46. The Morgan fingerprint density at radius 3 is 2.55 bits per heavy atom. The van der Waals surface area contributed by atoms with Crippen molar-refractivity contribution in [1.82, 2.24) is 5.32 Å². The summed E-state index contributed by atoms with van der Waals surface area (Å²) in [6.07, 6.45) is -3.36. The van der Waals surface area contributed by atoms with Crippen molar-refractivity contribution in [3.8, 4) is 11.5 Å². The van der Waals surface area contributed by atoms with E-state index in [1.807, 2.05) is 0 Å². The smallest absolute Gasteiger partial charge is 0.325 e. The maximum Gasteiger partial charge on any atom is 0.325 e. The highest BCUT2D eigenvalue weighted by molar-refractivity contribution is 5.75. The highest BCUT2D eigenvalue weighted by Gasteiger charge is 2.39. The highest BCUT2D eigenvalue weighted by Crippen LogP contribution is 2.28. The number of aromatic hydroxyl groups is 1. The standard InChI is InChI=1S/C24H31NO8/c1-32-19-11-14(8-10-17(19)26)7-9-16(12-20-23(29)22(28)18(27)13-33-20)25-21(24(30)31)15-5-3-2-4-6-15/h2-6,8,10-11,16,18,20-23,25-29H,7,9,12-13H2,1H3,(H,30,31)/t16?,18-,20?,21?,22+,23+/m1/s1. The zero-order chi connectivity index (χ0) is 24.0. The van der Waals surface area contributed by atoms with Crippen molar-refractivity contribution in [3.05, 3.63) is 59.7 Å². The van der Waals surface area contributed by atoms with Crippen molar-refractivity contribution in [2.24, 2.45) is 0 Å². The molecule has 1 aliphatic rings. The Hall–Kier alpha value is -2.69. The summed E-state index contributed by atoms with van der Waals surface area (Å²) < 4.78 is 10.7. The van der Waals surface area contributed by atoms with E-state index in [9.17, 15) is 30.3 Å². The Labute approximate surface area is 192 Å². The third-order valence-corrected chi connectivity index (χ3v) is 5.93. The molecule has 1 saturated heterocycles. The van der Waals surface area contributed by atoms with Crippen molar-refractivity contribution in [2.45, 2.75) is 55.8 Å². The first-order valence-electron chi connectivity index (χ1n) is 10.9. The number of methoxy groups -OCH3 is 1. The molecule has 0 aromatic heterocycles. The molecule has 9 nitrogen and oxygen atoms in total. The second-order valence-electron chi connectivity index (χ2n) is 8.25. The number of aliphatic hydroxyl groups excluding tert-OH is 3. The van der Waals surface area contributed by atoms with Crippen molar-refractivity contribution in [2.75, 3.05) is 13.7 Å². The number of carboxylic acid groups (broad SMARTS) is 1. The molecule has 3 unspecified atom stereocenters. The number of rotatable bonds is 10. The normalized spacial score (nSPS) is 24.7. The first-order valence-corrected chi connectivity index (χ1v) is 10.9. The van der Waals surface area contributed by atoms with E-state index in [1.165, 1.54) is 13.2 Å². The van der Waals surface area contributed by atoms with Crippen molar-refractivity contribution in [1.29, 1.82) is 0 Å². The molecule has 9 heteroatoms. The van der Waals surface area contributed by atoms with Gasteiger partial charge in [0.25, 0.3) is 0 Å². The molecule has 180 valence electrons. The van der Waals surface area contributed by atoms with Crippen LogP contribution in [-0.4, -0.2) is 75.7 Å². The maximum absolute atomic E-state index is 12.0. The second-order valence-corrected chi connectivity index (χ2v) is 8.25. The summed E-state index contributed by atoms with van der Waals surface area (Å²) in [6, 6.07) is 12.4. The minimum atomic E-state index is -1.34. The van der Waals surface area contributed by atoms with Crippen LogP contribution in [0, 0.1) is 0 Å². The number of carbonyl (C=O) groups is 1. The van der Waals surface area contributed by atoms with Gasteiger partial charge in [0.15, 0.2) is 11.5 Å². The Kier molecular flexibility index (Phi) is 8.65. The molecule has 1 fully saturated rings. The number of benzene rings is 2. The largest absolute Gasteiger partial charge is 0.504 e. The number of hydrogen-bond acceptors (Lipinski definition) is 8. The van der Waals surface area contributed by atoms with Gasteiger partial charge in [0.1, 0.15) is 24.4 Å². The molecule has 0 amide bonds. The van der Waals surface area contributed by atoms with E-state index in [4.69, 9.17) is 9.47 Å². The lowest BCUT2D eigenvalue weighted by Crippen LogP contribution is -2.54. The van der Waals surface area contributed by atoms with Gasteiger partial charge >= 0.3 is 5.97 Å². The van der Waals surface area contributed by atoms with Crippen LogP contribution in [0.2, 0.25) is 0 Å². The fourth-order valence-corrected chi connectivity index (χ4v) is 4.03. The molecule has 0 spiro atoms. The van der Waals surface area contributed by atoms with Crippen LogP contribution in [0.3, 0.4) is 0 Å². The number of ether oxygens (including phenoxy) is 2. The van der Waals surface area contributed by atoms with Gasteiger partial charge in [0.05, 0.1) is 19.8 Å². The molecule has 33 heavy (non-hydrogen) atoms. The number of hydrogen-bond donors (Lipinski definition) is 6. The summed E-state index contributed by atoms with van der Waals surface area (Å²) in [5.74, 6) is -0.678. The first-order chi connectivity index (χ1) is 15.8. The number of aryl methyl sites for hydroxylation is 1. The Balaban J connectivity index is 1.78. The Morgan fingerprint density at radius 2 is 1.88 bits per heavy atom. The van der Waals surface area contributed by atoms with Gasteiger partial charge in [0, 0.05) is 6.04 Å². The summed E-state index contributed by atoms with van der Waals surface area (Å²) >= 11 is 0. The highest BCUT2D eigenvalue weighted by atomic mass is 16.5. The van der Waals surface area contributed by atoms with Crippen LogP contribution in [0.4, 0.5) is 0 Å². The van der Waals surface area contributed by atoms with Crippen LogP contribution in [0.5, 0.6) is 11.5 Å². The third-order valence-electron chi connectivity index (χ3n) is 5.93. The molecule has 3 rings (SSSR count). The van der Waals surface area contributed by atoms with Gasteiger partial charge in [-0.25, -0.2) is 0 Å². The van der Waals surface area contributed by atoms with Gasteiger partial charge in [-0.2, -0.15) is 0 Å². The molecular weight excluding hydrogens is 430 g/mol. The maximum atomic E-state index is 12.0. The van der Waals surface area contributed by atoms with Crippen LogP contribution in [-0.2, 0) is 16.0 Å². The number of phenolic OH excluding ortho intramolecular Hbond substituents is 1. The first kappa shape index (κ1) is 24.9. The number of carboxylic acids is 1. The average Bonchev–Trinajstić information content (AvgIpc) is 2.82. The monoisotopic (exact) mass is 461 g/mol. The molecule has 1 heterocycles. The zero-order valence-electron chi connectivity index (χ0n) is 18.4. The van der Waals surface area contributed by atoms with E-state index in [0.717, 1.165) is 5.56 Å². The number of aliphatic carboxylic acids is 1. The van der Waals surface area contributed by atoms with Crippen LogP contribution < -0.4 is 10.1 Å². The Morgan fingerprint density at radius 1 is 1.15 bits per heavy atom. The van der Waals surface area contributed by atoms with Gasteiger partial charge in [0.2, 0.25) is 0 Å². The van der Waals surface area contributed by atoms with Gasteiger partial charge < -0.3 is 35.0 Å². The lowest BCUT2D eigenvalue weighted by Gasteiger charge is -2.37. The summed E-state index contributed by atoms with van der Waals surface area (Å²) in [6.45, 7) is -0.119. The number of phenols is 1. The molecule has 1 aliphatic heterocycles. The number of aliphatic hydroxyl groups is 3. The van der Waals surface area contributed by atoms with Crippen molar-refractivity contribution >= 4 is 5.97 Å². The topological polar surface area (TPSA) is 149 Å². The van der Waals surface area contributed by atoms with E-state index in [-0.39, 0.29) is 18.8 Å². The quantitative estimate of drug-likeness (QED) is 0.305. The Bertz CT molecular complexity index is 909. The van der Waals surface area contributed by atoms with E-state index in [1.54, 1.807) is 42.5 Å². The number of nitrogens with one attached hydrogen (secondary N) is 1. The second kappa shape index (κ2) is 11.4. The summed E-state index contributed by atoms with van der Waals surface area (Å²) in [5, 5.41) is 53.0. The molecular formula is C24H31NO8. The average molecular weight is 462 g/mol. The van der Waals surface area contributed by atoms with Crippen LogP contribution in [0.15, 0.2) is 48.5 Å². The summed E-state index contributed by atoms with van der Waals surface area (Å²) in [4.78, 5) is 12.0. The fraction of sp³-hybridized carbons (Fsp3) is 0.458. The molecule has 2 aromatic rings. The summed E-state index contributed by atoms with van der Waals surface area (Å²) in [5.41, 5.74) is 1.46. The predicted octanol–water partition coefficient (Wildman–Crippen LogP) is 0.989. The van der Waals surface area contributed by atoms with Gasteiger partial charge in [-0.15, -0.1) is 0 Å². The minimum absolute atomic E-state index is 0.0252. The van der Waals surface area contributed by atoms with E-state index < -0.39 is 42.5 Å². The van der Waals surface area contributed by atoms with E-state index in [2.05, 4.69) is 5.32 Å². The minimum Gasteiger partial charge on any atom is -0.504 e. The SMILES string of the molecule is COc1cc(CCC(CC2OC[C@@H](O)[C@H](O)[C@H]2O)NC(C(=O)O)c2ccccc2)ccc1O. The third kappa shape index (κ3) is 6.43. The van der Waals surface area contributed by atoms with E-state index in [0.29, 0.717) is 24.2 Å². The molecule has 0 bridgehead atoms. The zero-order valence-corrected chi connectivity index (χ0v) is 18.4. The molecule has 2 aromatic carbocycles. The van der Waals surface area contributed by atoms with Crippen molar-refractivity contribution in [3.63, 3.8) is 0 Å². The molecule has 0 aliphatic carbocycles. The van der Waals surface area contributed by atoms with Crippen LogP contribution in [0.25, 0.3) is 0 Å². The van der Waals surface area contributed by atoms with Gasteiger partial charge in [-0.1, -0.05) is 36.4 Å². The van der Waals surface area contributed by atoms with Crippen molar-refractivity contribution < 1.29 is 39.8 Å². The lowest BCUT2D eigenvalue weighted by atomic mass is 9.92. The molecule has 6 atom stereocenters. The molecule has 0 saturated carbocycles. The van der Waals surface area contributed by atoms with Crippen LogP contribution >= 0.6 is 0 Å². The lowest BCUT2D eigenvalue weighted by molar-refractivity contribution is -0.189. The van der Waals surface area contributed by atoms with Crippen LogP contribution in [0.1, 0.15) is 30.0 Å². The fourth-order valence-electron chi connectivity index (χ4n) is 4.03. The molecule has 6 N–H and O–H groups in total. The van der Waals surface area contributed by atoms with Gasteiger partial charge in [-0.05, 0) is 42.5 Å².